The number of amides is 1. The van der Waals surface area contributed by atoms with E-state index in [4.69, 9.17) is 14.2 Å². The van der Waals surface area contributed by atoms with Crippen molar-refractivity contribution in [3.05, 3.63) is 17.0 Å². The summed E-state index contributed by atoms with van der Waals surface area (Å²) in [6.45, 7) is 1.92. The van der Waals surface area contributed by atoms with Crippen LogP contribution in [0.2, 0.25) is 0 Å². The van der Waals surface area contributed by atoms with E-state index in [0.29, 0.717) is 22.1 Å². The molecule has 1 N–H and O–H groups in total. The fourth-order valence-corrected chi connectivity index (χ4v) is 3.22. The van der Waals surface area contributed by atoms with Crippen LogP contribution in [0.5, 0.6) is 17.2 Å². The van der Waals surface area contributed by atoms with Crippen molar-refractivity contribution >= 4 is 27.3 Å². The Bertz CT molecular complexity index is 712. The molecule has 6 nitrogen and oxygen atoms in total. The van der Waals surface area contributed by atoms with E-state index in [1.54, 1.807) is 21.3 Å². The molecule has 2 rings (SSSR count). The van der Waals surface area contributed by atoms with Gasteiger partial charge in [0.2, 0.25) is 0 Å². The Kier molecular flexibility index (Phi) is 5.33. The minimum absolute atomic E-state index is 0.0820. The van der Waals surface area contributed by atoms with E-state index < -0.39 is 0 Å². The summed E-state index contributed by atoms with van der Waals surface area (Å²) >= 11 is 1.37. The first-order valence-corrected chi connectivity index (χ1v) is 7.94. The molecule has 1 heterocycles. The number of hydrogen-bond donors (Lipinski definition) is 1. The first-order chi connectivity index (χ1) is 10.9. The van der Waals surface area contributed by atoms with Gasteiger partial charge in [0.25, 0.3) is 5.91 Å². The number of hydrogen-bond acceptors (Lipinski definition) is 6. The highest BCUT2D eigenvalue weighted by Crippen LogP contribution is 2.43. The molecule has 1 aromatic carbocycles. The molecule has 0 saturated heterocycles. The summed E-state index contributed by atoms with van der Waals surface area (Å²) in [6, 6.07) is 3.68. The zero-order valence-corrected chi connectivity index (χ0v) is 15.0. The second-order valence-electron chi connectivity index (χ2n) is 5.28. The van der Waals surface area contributed by atoms with E-state index in [1.165, 1.54) is 11.3 Å². The number of rotatable bonds is 6. The molecule has 0 fully saturated rings. The standard InChI is InChI=1S/C16H22N2O4S/c1-9(18(2)3)17-16(19)15-14(22-6)10-7-11(20-4)12(21-5)8-13(10)23-15/h7-9H,1-6H3,(H,17,19). The van der Waals surface area contributed by atoms with Crippen molar-refractivity contribution < 1.29 is 19.0 Å². The van der Waals surface area contributed by atoms with Crippen LogP contribution in [-0.4, -0.2) is 52.4 Å². The summed E-state index contributed by atoms with van der Waals surface area (Å²) in [5.74, 6) is 1.61. The number of thiophene rings is 1. The summed E-state index contributed by atoms with van der Waals surface area (Å²) in [7, 11) is 8.53. The highest BCUT2D eigenvalue weighted by Gasteiger charge is 2.22. The molecule has 0 aliphatic heterocycles. The second-order valence-corrected chi connectivity index (χ2v) is 6.33. The number of benzene rings is 1. The number of ether oxygens (including phenoxy) is 3. The molecule has 0 aliphatic carbocycles. The third kappa shape index (κ3) is 3.35. The Labute approximate surface area is 139 Å². The van der Waals surface area contributed by atoms with Gasteiger partial charge < -0.3 is 19.5 Å². The topological polar surface area (TPSA) is 60.0 Å². The lowest BCUT2D eigenvalue weighted by Crippen LogP contribution is -2.42. The first-order valence-electron chi connectivity index (χ1n) is 7.12. The fraction of sp³-hybridized carbons (Fsp3) is 0.438. The Hall–Kier alpha value is -1.99. The average molecular weight is 338 g/mol. The third-order valence-corrected chi connectivity index (χ3v) is 4.81. The smallest absolute Gasteiger partial charge is 0.266 e. The Morgan fingerprint density at radius 2 is 1.74 bits per heavy atom. The number of carbonyl (C=O) groups is 1. The summed E-state index contributed by atoms with van der Waals surface area (Å²) < 4.78 is 17.0. The monoisotopic (exact) mass is 338 g/mol. The van der Waals surface area contributed by atoms with E-state index in [2.05, 4.69) is 5.32 Å². The van der Waals surface area contributed by atoms with Gasteiger partial charge in [-0.15, -0.1) is 11.3 Å². The average Bonchev–Trinajstić information content (AvgIpc) is 2.90. The lowest BCUT2D eigenvalue weighted by Gasteiger charge is -2.20. The molecule has 23 heavy (non-hydrogen) atoms. The lowest BCUT2D eigenvalue weighted by molar-refractivity contribution is 0.0902. The SMILES string of the molecule is COc1cc2sc(C(=O)NC(C)N(C)C)c(OC)c2cc1OC. The van der Waals surface area contributed by atoms with E-state index in [1.807, 2.05) is 38.1 Å². The number of fused-ring (bicyclic) bond motifs is 1. The first kappa shape index (κ1) is 17.4. The summed E-state index contributed by atoms with van der Waals surface area (Å²) in [4.78, 5) is 15.0. The van der Waals surface area contributed by atoms with E-state index in [-0.39, 0.29) is 12.1 Å². The molecule has 1 atom stereocenters. The number of methoxy groups -OCH3 is 3. The van der Waals surface area contributed by atoms with Gasteiger partial charge in [-0.05, 0) is 27.1 Å². The zero-order valence-electron chi connectivity index (χ0n) is 14.2. The van der Waals surface area contributed by atoms with Crippen LogP contribution in [0.1, 0.15) is 16.6 Å². The normalized spacial score (nSPS) is 12.3. The molecular formula is C16H22N2O4S. The maximum atomic E-state index is 12.5. The molecule has 1 aromatic heterocycles. The Balaban J connectivity index is 2.50. The third-order valence-electron chi connectivity index (χ3n) is 3.67. The van der Waals surface area contributed by atoms with Crippen LogP contribution in [-0.2, 0) is 0 Å². The van der Waals surface area contributed by atoms with Gasteiger partial charge in [-0.3, -0.25) is 9.69 Å². The van der Waals surface area contributed by atoms with Crippen molar-refractivity contribution in [2.24, 2.45) is 0 Å². The molecule has 0 bridgehead atoms. The maximum absolute atomic E-state index is 12.5. The molecule has 0 saturated carbocycles. The fourth-order valence-electron chi connectivity index (χ4n) is 2.14. The van der Waals surface area contributed by atoms with Gasteiger partial charge in [-0.1, -0.05) is 0 Å². The van der Waals surface area contributed by atoms with Crippen LogP contribution in [0, 0.1) is 0 Å². The van der Waals surface area contributed by atoms with Crippen molar-refractivity contribution in [1.82, 2.24) is 10.2 Å². The minimum atomic E-state index is -0.165. The van der Waals surface area contributed by atoms with Gasteiger partial charge >= 0.3 is 0 Å². The molecule has 7 heteroatoms. The van der Waals surface area contributed by atoms with Gasteiger partial charge in [0, 0.05) is 16.2 Å². The van der Waals surface area contributed by atoms with Crippen LogP contribution in [0.3, 0.4) is 0 Å². The van der Waals surface area contributed by atoms with Crippen molar-refractivity contribution in [1.29, 1.82) is 0 Å². The Morgan fingerprint density at radius 3 is 2.26 bits per heavy atom. The summed E-state index contributed by atoms with van der Waals surface area (Å²) in [5.41, 5.74) is 0. The van der Waals surface area contributed by atoms with E-state index >= 15 is 0 Å². The number of nitrogens with zero attached hydrogens (tertiary/aromatic N) is 1. The van der Waals surface area contributed by atoms with Crippen LogP contribution in [0.25, 0.3) is 10.1 Å². The van der Waals surface area contributed by atoms with Crippen molar-refractivity contribution in [2.45, 2.75) is 13.1 Å². The van der Waals surface area contributed by atoms with Crippen LogP contribution in [0.4, 0.5) is 0 Å². The van der Waals surface area contributed by atoms with Crippen LogP contribution >= 0.6 is 11.3 Å². The van der Waals surface area contributed by atoms with Crippen molar-refractivity contribution in [2.75, 3.05) is 35.4 Å². The van der Waals surface area contributed by atoms with Gasteiger partial charge in [-0.2, -0.15) is 0 Å². The molecule has 1 unspecified atom stereocenters. The molecule has 0 aliphatic rings. The summed E-state index contributed by atoms with van der Waals surface area (Å²) in [6.07, 6.45) is -0.0820. The van der Waals surface area contributed by atoms with Crippen LogP contribution < -0.4 is 19.5 Å². The highest BCUT2D eigenvalue weighted by atomic mass is 32.1. The van der Waals surface area contributed by atoms with E-state index in [0.717, 1.165) is 10.1 Å². The predicted molar refractivity (Wildman–Crippen MR) is 92.1 cm³/mol. The number of nitrogens with one attached hydrogen (secondary N) is 1. The molecule has 2 aromatic rings. The largest absolute Gasteiger partial charge is 0.494 e. The molecule has 0 spiro atoms. The lowest BCUT2D eigenvalue weighted by atomic mass is 10.2. The second kappa shape index (κ2) is 7.06. The molecular weight excluding hydrogens is 316 g/mol. The zero-order chi connectivity index (χ0) is 17.1. The molecule has 0 radical (unpaired) electrons. The maximum Gasteiger partial charge on any atom is 0.266 e. The quantitative estimate of drug-likeness (QED) is 0.820. The van der Waals surface area contributed by atoms with Crippen molar-refractivity contribution in [3.8, 4) is 17.2 Å². The number of carbonyl (C=O) groups excluding carboxylic acids is 1. The van der Waals surface area contributed by atoms with Gasteiger partial charge in [0.05, 0.1) is 27.5 Å². The van der Waals surface area contributed by atoms with Gasteiger partial charge in [0.1, 0.15) is 10.6 Å². The van der Waals surface area contributed by atoms with Gasteiger partial charge in [0.15, 0.2) is 11.5 Å². The van der Waals surface area contributed by atoms with Crippen molar-refractivity contribution in [3.63, 3.8) is 0 Å². The van der Waals surface area contributed by atoms with Crippen LogP contribution in [0.15, 0.2) is 12.1 Å². The molecule has 126 valence electrons. The van der Waals surface area contributed by atoms with E-state index in [9.17, 15) is 4.79 Å². The Morgan fingerprint density at radius 1 is 1.13 bits per heavy atom. The van der Waals surface area contributed by atoms with Gasteiger partial charge in [-0.25, -0.2) is 0 Å². The minimum Gasteiger partial charge on any atom is -0.494 e. The summed E-state index contributed by atoms with van der Waals surface area (Å²) in [5, 5.41) is 3.77. The predicted octanol–water partition coefficient (Wildman–Crippen LogP) is 2.56. The molecule has 1 amide bonds. The highest BCUT2D eigenvalue weighted by molar-refractivity contribution is 7.21.